The first kappa shape index (κ1) is 32.3. The zero-order valence-electron chi connectivity index (χ0n) is 25.4. The van der Waals surface area contributed by atoms with Crippen molar-refractivity contribution in [3.8, 4) is 0 Å². The largest absolute Gasteiger partial charge is 0.444 e. The lowest BCUT2D eigenvalue weighted by Gasteiger charge is -2.43. The maximum Gasteiger partial charge on any atom is 0.408 e. The Labute approximate surface area is 237 Å². The molecule has 2 unspecified atom stereocenters. The lowest BCUT2D eigenvalue weighted by atomic mass is 9.91. The number of nitrogens with two attached hydrogens (primary N) is 1. The molecule has 0 aliphatic rings. The molecule has 0 bridgehead atoms. The first-order chi connectivity index (χ1) is 18.3. The van der Waals surface area contributed by atoms with E-state index in [-0.39, 0.29) is 0 Å². The number of nitrogens with zero attached hydrogens (tertiary/aromatic N) is 1. The van der Waals surface area contributed by atoms with E-state index in [1.54, 1.807) is 41.5 Å². The monoisotopic (exact) mass is 552 g/mol. The summed E-state index contributed by atoms with van der Waals surface area (Å²) in [6.07, 6.45) is -1.34. The molecular formula is C31H44N4O5. The molecule has 0 spiro atoms. The molecule has 0 heterocycles. The van der Waals surface area contributed by atoms with E-state index in [4.69, 9.17) is 10.5 Å². The van der Waals surface area contributed by atoms with Gasteiger partial charge in [-0.15, -0.1) is 0 Å². The fraction of sp³-hybridized carbons (Fsp3) is 0.484. The minimum absolute atomic E-state index is 0.426. The van der Waals surface area contributed by atoms with E-state index in [9.17, 15) is 19.2 Å². The summed E-state index contributed by atoms with van der Waals surface area (Å²) in [5.74, 6) is -1.85. The molecule has 0 aliphatic carbocycles. The Balaban J connectivity index is 2.70. The molecule has 2 aromatic rings. The Bertz CT molecular complexity index is 1250. The van der Waals surface area contributed by atoms with Gasteiger partial charge in [0.2, 0.25) is 11.8 Å². The van der Waals surface area contributed by atoms with Crippen LogP contribution in [0.15, 0.2) is 36.4 Å². The number of nitrogens with one attached hydrogen (secondary N) is 2. The zero-order chi connectivity index (χ0) is 30.6. The van der Waals surface area contributed by atoms with Gasteiger partial charge in [-0.05, 0) is 91.5 Å². The van der Waals surface area contributed by atoms with Crippen LogP contribution in [0.5, 0.6) is 0 Å². The Morgan fingerprint density at radius 2 is 1.48 bits per heavy atom. The van der Waals surface area contributed by atoms with E-state index >= 15 is 0 Å². The van der Waals surface area contributed by atoms with Crippen molar-refractivity contribution in [1.29, 1.82) is 0 Å². The van der Waals surface area contributed by atoms with Gasteiger partial charge in [-0.25, -0.2) is 4.79 Å². The van der Waals surface area contributed by atoms with Gasteiger partial charge in [-0.1, -0.05) is 42.0 Å². The lowest BCUT2D eigenvalue weighted by Crippen LogP contribution is -2.58. The number of primary amides is 1. The van der Waals surface area contributed by atoms with E-state index in [0.29, 0.717) is 11.3 Å². The molecule has 9 heteroatoms. The molecule has 0 saturated carbocycles. The molecule has 0 aliphatic heterocycles. The molecule has 0 radical (unpaired) electrons. The average Bonchev–Trinajstić information content (AvgIpc) is 2.78. The van der Waals surface area contributed by atoms with Gasteiger partial charge in [0.05, 0.1) is 6.42 Å². The Hall–Kier alpha value is -3.88. The third-order valence-electron chi connectivity index (χ3n) is 6.32. The number of carbonyl (C=O) groups excluding carboxylic acids is 4. The number of alkyl carbamates (subject to hydrolysis) is 1. The zero-order valence-corrected chi connectivity index (χ0v) is 25.4. The normalized spacial score (nSPS) is 13.2. The number of hydrogen-bond donors (Lipinski definition) is 3. The minimum Gasteiger partial charge on any atom is -0.444 e. The molecule has 4 N–H and O–H groups in total. The number of para-hydroxylation sites is 1. The van der Waals surface area contributed by atoms with Gasteiger partial charge in [0.25, 0.3) is 5.91 Å². The van der Waals surface area contributed by atoms with Crippen LogP contribution >= 0.6 is 0 Å². The van der Waals surface area contributed by atoms with Crippen molar-refractivity contribution >= 4 is 29.5 Å². The van der Waals surface area contributed by atoms with Crippen LogP contribution in [0, 0.1) is 27.7 Å². The summed E-state index contributed by atoms with van der Waals surface area (Å²) < 4.78 is 5.35. The number of rotatable bonds is 8. The van der Waals surface area contributed by atoms with Crippen LogP contribution in [0.2, 0.25) is 0 Å². The lowest BCUT2D eigenvalue weighted by molar-refractivity contribution is -0.147. The second kappa shape index (κ2) is 12.5. The third kappa shape index (κ3) is 8.56. The number of anilines is 1. The SMILES string of the molecule is Cc1ccc(C)c(C(C(=O)Nc2c(C)cccc2C)N(C(=O)C(CC(N)=O)NC(=O)OC(C)(C)C)C(C)(C)C)c1. The van der Waals surface area contributed by atoms with E-state index in [1.807, 2.05) is 64.1 Å². The number of hydrogen-bond acceptors (Lipinski definition) is 5. The van der Waals surface area contributed by atoms with E-state index in [2.05, 4.69) is 10.6 Å². The summed E-state index contributed by atoms with van der Waals surface area (Å²) >= 11 is 0. The minimum atomic E-state index is -1.35. The van der Waals surface area contributed by atoms with Gasteiger partial charge in [0.1, 0.15) is 17.7 Å². The van der Waals surface area contributed by atoms with Crippen LogP contribution in [-0.2, 0) is 19.1 Å². The summed E-state index contributed by atoms with van der Waals surface area (Å²) in [4.78, 5) is 54.6. The molecule has 2 atom stereocenters. The van der Waals surface area contributed by atoms with Gasteiger partial charge in [0.15, 0.2) is 0 Å². The predicted molar refractivity (Wildman–Crippen MR) is 157 cm³/mol. The highest BCUT2D eigenvalue weighted by Crippen LogP contribution is 2.34. The van der Waals surface area contributed by atoms with Crippen LogP contribution in [0.3, 0.4) is 0 Å². The predicted octanol–water partition coefficient (Wildman–Crippen LogP) is 5.00. The fourth-order valence-corrected chi connectivity index (χ4v) is 4.52. The standard InChI is InChI=1S/C31H44N4O5/c1-18-14-15-19(2)22(16-18)26(27(37)34-25-20(3)12-11-13-21(25)4)35(30(5,6)7)28(38)23(17-24(32)36)33-29(39)40-31(8,9)10/h11-16,23,26H,17H2,1-10H3,(H2,32,36)(H,33,39)(H,34,37). The summed E-state index contributed by atoms with van der Waals surface area (Å²) in [5.41, 5.74) is 8.49. The Morgan fingerprint density at radius 1 is 0.900 bits per heavy atom. The van der Waals surface area contributed by atoms with Gasteiger partial charge >= 0.3 is 6.09 Å². The first-order valence-electron chi connectivity index (χ1n) is 13.4. The van der Waals surface area contributed by atoms with Crippen LogP contribution in [0.1, 0.15) is 81.8 Å². The quantitative estimate of drug-likeness (QED) is 0.424. The molecule has 2 aromatic carbocycles. The van der Waals surface area contributed by atoms with E-state index in [1.165, 1.54) is 4.90 Å². The van der Waals surface area contributed by atoms with E-state index < -0.39 is 53.5 Å². The van der Waals surface area contributed by atoms with Crippen molar-refractivity contribution in [1.82, 2.24) is 10.2 Å². The molecule has 4 amide bonds. The molecule has 218 valence electrons. The molecular weight excluding hydrogens is 508 g/mol. The Kier molecular flexibility index (Phi) is 10.1. The van der Waals surface area contributed by atoms with Gasteiger partial charge < -0.3 is 26.0 Å². The maximum atomic E-state index is 14.3. The molecule has 40 heavy (non-hydrogen) atoms. The van der Waals surface area contributed by atoms with Crippen LogP contribution < -0.4 is 16.4 Å². The molecule has 0 fully saturated rings. The van der Waals surface area contributed by atoms with E-state index in [0.717, 1.165) is 22.3 Å². The highest BCUT2D eigenvalue weighted by Gasteiger charge is 2.43. The van der Waals surface area contributed by atoms with Gasteiger partial charge in [0, 0.05) is 11.2 Å². The summed E-state index contributed by atoms with van der Waals surface area (Å²) in [7, 11) is 0. The van der Waals surface area contributed by atoms with Gasteiger partial charge in [-0.3, -0.25) is 14.4 Å². The number of benzene rings is 2. The molecule has 0 aromatic heterocycles. The maximum absolute atomic E-state index is 14.3. The number of amides is 4. The topological polar surface area (TPSA) is 131 Å². The number of carbonyl (C=O) groups is 4. The van der Waals surface area contributed by atoms with Crippen molar-refractivity contribution < 1.29 is 23.9 Å². The second-order valence-corrected chi connectivity index (χ2v) is 12.3. The highest BCUT2D eigenvalue weighted by molar-refractivity contribution is 6.01. The van der Waals surface area contributed by atoms with Crippen LogP contribution in [0.4, 0.5) is 10.5 Å². The van der Waals surface area contributed by atoms with Crippen LogP contribution in [0.25, 0.3) is 0 Å². The number of ether oxygens (including phenoxy) is 1. The van der Waals surface area contributed by atoms with Crippen molar-refractivity contribution in [2.75, 3.05) is 5.32 Å². The summed E-state index contributed by atoms with van der Waals surface area (Å²) in [5, 5.41) is 5.56. The fourth-order valence-electron chi connectivity index (χ4n) is 4.52. The van der Waals surface area contributed by atoms with Crippen LogP contribution in [-0.4, -0.2) is 45.9 Å². The van der Waals surface area contributed by atoms with Crippen molar-refractivity contribution in [2.45, 2.75) is 98.9 Å². The Morgan fingerprint density at radius 3 is 1.98 bits per heavy atom. The van der Waals surface area contributed by atoms with Crippen molar-refractivity contribution in [2.24, 2.45) is 5.73 Å². The number of aryl methyl sites for hydroxylation is 4. The smallest absolute Gasteiger partial charge is 0.408 e. The highest BCUT2D eigenvalue weighted by atomic mass is 16.6. The average molecular weight is 553 g/mol. The third-order valence-corrected chi connectivity index (χ3v) is 6.32. The second-order valence-electron chi connectivity index (χ2n) is 12.3. The molecule has 2 rings (SSSR count). The van der Waals surface area contributed by atoms with Gasteiger partial charge in [-0.2, -0.15) is 0 Å². The first-order valence-corrected chi connectivity index (χ1v) is 13.4. The van der Waals surface area contributed by atoms with Crippen molar-refractivity contribution in [3.05, 3.63) is 64.2 Å². The molecule has 0 saturated heterocycles. The van der Waals surface area contributed by atoms with Crippen molar-refractivity contribution in [3.63, 3.8) is 0 Å². The molecule has 9 nitrogen and oxygen atoms in total. The summed E-state index contributed by atoms with van der Waals surface area (Å²) in [6, 6.07) is 8.96. The summed E-state index contributed by atoms with van der Waals surface area (Å²) in [6.45, 7) is 18.0.